The number of anilines is 1. The van der Waals surface area contributed by atoms with Crippen LogP contribution in [0.3, 0.4) is 0 Å². The second kappa shape index (κ2) is 13.6. The Balaban J connectivity index is 1.69. The molecule has 0 radical (unpaired) electrons. The lowest BCUT2D eigenvalue weighted by Gasteiger charge is -2.29. The Hall–Kier alpha value is -1.58. The van der Waals surface area contributed by atoms with Crippen LogP contribution in [0.4, 0.5) is 10.2 Å². The molecule has 1 fully saturated rings. The number of alkyl halides is 1. The summed E-state index contributed by atoms with van der Waals surface area (Å²) in [5.74, 6) is 0.555. The molecule has 0 unspecified atom stereocenters. The molecule has 0 amide bonds. The molecule has 3 heterocycles. The fourth-order valence-corrected chi connectivity index (χ4v) is 6.86. The van der Waals surface area contributed by atoms with Gasteiger partial charge >= 0.3 is 7.82 Å². The van der Waals surface area contributed by atoms with Gasteiger partial charge in [0.2, 0.25) is 0 Å². The van der Waals surface area contributed by atoms with E-state index in [0.717, 1.165) is 23.5 Å². The summed E-state index contributed by atoms with van der Waals surface area (Å²) >= 11 is 2.04. The van der Waals surface area contributed by atoms with E-state index in [2.05, 4.69) is 10.1 Å². The van der Waals surface area contributed by atoms with Crippen molar-refractivity contribution in [3.63, 3.8) is 0 Å². The standard InChI is InChI=1S/C26H40FN4O8PS2/c1-24(2,3)22(33)41-12-10-36-40(35,37-11-13-42-23(34)25(4,5)6)38-14-26(7)20(32)18(27)19(39-26)16-8-9-17-21(28)29-15-30-31(16)17/h8-9,15,18-20,32H,10-14H2,1-7H3,(H2,28,29,30)/t18-,19-,20-,26+/m0/s1. The van der Waals surface area contributed by atoms with Crippen LogP contribution in [-0.2, 0) is 32.5 Å². The smallest absolute Gasteiger partial charge is 0.387 e. The molecular weight excluding hydrogens is 610 g/mol. The molecule has 42 heavy (non-hydrogen) atoms. The molecule has 0 saturated carbocycles. The molecule has 3 rings (SSSR count). The van der Waals surface area contributed by atoms with E-state index < -0.39 is 49.2 Å². The summed E-state index contributed by atoms with van der Waals surface area (Å²) in [4.78, 5) is 28.4. The summed E-state index contributed by atoms with van der Waals surface area (Å²) in [5.41, 5.74) is 3.84. The maximum absolute atomic E-state index is 15.4. The number of aliphatic hydroxyl groups is 1. The van der Waals surface area contributed by atoms with E-state index in [0.29, 0.717) is 11.2 Å². The van der Waals surface area contributed by atoms with Crippen molar-refractivity contribution in [2.75, 3.05) is 37.1 Å². The number of aliphatic hydroxyl groups excluding tert-OH is 1. The Labute approximate surface area is 253 Å². The number of rotatable bonds is 12. The third-order valence-corrected chi connectivity index (χ3v) is 10.2. The van der Waals surface area contributed by atoms with E-state index in [1.807, 2.05) is 0 Å². The SMILES string of the molecule is CC(C)(C)C(=O)SCCOP(=O)(OCCSC(=O)C(C)(C)C)OC[C@@]1(C)O[C@@H](c2ccc3c(N)ncnn23)[C@H](F)[C@@H]1O. The summed E-state index contributed by atoms with van der Waals surface area (Å²) < 4.78 is 52.9. The number of nitrogens with two attached hydrogens (primary N) is 1. The van der Waals surface area contributed by atoms with Crippen molar-refractivity contribution in [2.24, 2.45) is 10.8 Å². The van der Waals surface area contributed by atoms with Gasteiger partial charge in [-0.25, -0.2) is 18.5 Å². The molecular formula is C26H40FN4O8PS2. The van der Waals surface area contributed by atoms with Gasteiger partial charge in [0.05, 0.1) is 25.5 Å². The number of hydrogen-bond acceptors (Lipinski definition) is 13. The number of carbonyl (C=O) groups excluding carboxylic acids is 2. The first kappa shape index (κ1) is 34.9. The number of carbonyl (C=O) groups is 2. The summed E-state index contributed by atoms with van der Waals surface area (Å²) in [7, 11) is -4.29. The minimum absolute atomic E-state index is 0.0696. The zero-order chi connectivity index (χ0) is 31.5. The Morgan fingerprint density at radius 2 is 1.64 bits per heavy atom. The first-order valence-corrected chi connectivity index (χ1v) is 16.8. The van der Waals surface area contributed by atoms with Crippen molar-refractivity contribution in [3.05, 3.63) is 24.2 Å². The fraction of sp³-hybridized carbons (Fsp3) is 0.692. The second-order valence-electron chi connectivity index (χ2n) is 12.1. The van der Waals surface area contributed by atoms with Crippen molar-refractivity contribution >= 4 is 52.9 Å². The van der Waals surface area contributed by atoms with E-state index in [4.69, 9.17) is 24.0 Å². The van der Waals surface area contributed by atoms with Crippen LogP contribution >= 0.6 is 31.3 Å². The number of hydrogen-bond donors (Lipinski definition) is 2. The van der Waals surface area contributed by atoms with Gasteiger partial charge in [-0.2, -0.15) is 5.10 Å². The summed E-state index contributed by atoms with van der Waals surface area (Å²) in [6, 6.07) is 3.18. The van der Waals surface area contributed by atoms with Crippen LogP contribution in [0.2, 0.25) is 0 Å². The van der Waals surface area contributed by atoms with Gasteiger partial charge in [-0.05, 0) is 19.1 Å². The first-order chi connectivity index (χ1) is 19.4. The molecule has 0 aliphatic carbocycles. The van der Waals surface area contributed by atoms with Crippen LogP contribution in [0.1, 0.15) is 60.3 Å². The molecule has 2 aromatic heterocycles. The quantitative estimate of drug-likeness (QED) is 0.242. The van der Waals surface area contributed by atoms with Gasteiger partial charge in [0.15, 0.2) is 22.2 Å². The molecule has 16 heteroatoms. The van der Waals surface area contributed by atoms with Crippen LogP contribution in [0.5, 0.6) is 0 Å². The summed E-state index contributed by atoms with van der Waals surface area (Å²) in [6.07, 6.45) is -3.57. The molecule has 1 saturated heterocycles. The number of phosphoric acid groups is 1. The highest BCUT2D eigenvalue weighted by Gasteiger charge is 2.54. The first-order valence-electron chi connectivity index (χ1n) is 13.3. The number of fused-ring (bicyclic) bond motifs is 1. The highest BCUT2D eigenvalue weighted by Crippen LogP contribution is 2.52. The van der Waals surface area contributed by atoms with Crippen LogP contribution in [-0.4, -0.2) is 79.1 Å². The third kappa shape index (κ3) is 8.53. The Morgan fingerprint density at radius 1 is 1.10 bits per heavy atom. The highest BCUT2D eigenvalue weighted by atomic mass is 32.2. The molecule has 12 nitrogen and oxygen atoms in total. The highest BCUT2D eigenvalue weighted by molar-refractivity contribution is 8.14. The molecule has 3 N–H and O–H groups in total. The fourth-order valence-electron chi connectivity index (χ4n) is 3.78. The third-order valence-electron chi connectivity index (χ3n) is 6.28. The zero-order valence-electron chi connectivity index (χ0n) is 24.9. The number of thioether (sulfide) groups is 2. The predicted octanol–water partition coefficient (Wildman–Crippen LogP) is 4.61. The molecule has 0 aromatic carbocycles. The lowest BCUT2D eigenvalue weighted by molar-refractivity contribution is -0.118. The van der Waals surface area contributed by atoms with Gasteiger partial charge in [0, 0.05) is 22.3 Å². The van der Waals surface area contributed by atoms with Crippen LogP contribution in [0.15, 0.2) is 18.5 Å². The Kier molecular flexibility index (Phi) is 11.3. The van der Waals surface area contributed by atoms with E-state index in [1.165, 1.54) is 17.8 Å². The lowest BCUT2D eigenvalue weighted by atomic mass is 9.98. The molecule has 4 atom stereocenters. The second-order valence-corrected chi connectivity index (χ2v) is 15.9. The summed E-state index contributed by atoms with van der Waals surface area (Å²) in [6.45, 7) is 11.3. The largest absolute Gasteiger partial charge is 0.474 e. The minimum atomic E-state index is -4.29. The molecule has 2 aromatic rings. The van der Waals surface area contributed by atoms with E-state index in [9.17, 15) is 19.3 Å². The van der Waals surface area contributed by atoms with Crippen LogP contribution in [0, 0.1) is 10.8 Å². The molecule has 236 valence electrons. The van der Waals surface area contributed by atoms with Crippen LogP contribution in [0.25, 0.3) is 5.52 Å². The van der Waals surface area contributed by atoms with Gasteiger partial charge in [-0.3, -0.25) is 23.2 Å². The van der Waals surface area contributed by atoms with E-state index in [-0.39, 0.29) is 40.8 Å². The predicted molar refractivity (Wildman–Crippen MR) is 160 cm³/mol. The number of phosphoric ester groups is 1. The van der Waals surface area contributed by atoms with Crippen molar-refractivity contribution < 1.29 is 42.0 Å². The number of ether oxygens (including phenoxy) is 1. The maximum atomic E-state index is 15.4. The zero-order valence-corrected chi connectivity index (χ0v) is 27.4. The number of halogens is 1. The molecule has 0 spiro atoms. The summed E-state index contributed by atoms with van der Waals surface area (Å²) in [5, 5.41) is 14.8. The van der Waals surface area contributed by atoms with Crippen molar-refractivity contribution in [3.8, 4) is 0 Å². The van der Waals surface area contributed by atoms with E-state index >= 15 is 4.39 Å². The van der Waals surface area contributed by atoms with Crippen molar-refractivity contribution in [1.82, 2.24) is 14.6 Å². The number of aromatic nitrogens is 3. The molecule has 0 bridgehead atoms. The van der Waals surface area contributed by atoms with Gasteiger partial charge in [0.1, 0.15) is 29.7 Å². The van der Waals surface area contributed by atoms with Gasteiger partial charge < -0.3 is 15.6 Å². The lowest BCUT2D eigenvalue weighted by Crippen LogP contribution is -2.43. The average Bonchev–Trinajstić information content (AvgIpc) is 3.43. The van der Waals surface area contributed by atoms with Crippen molar-refractivity contribution in [1.29, 1.82) is 0 Å². The Bertz CT molecular complexity index is 1280. The minimum Gasteiger partial charge on any atom is -0.387 e. The molecule has 1 aliphatic rings. The van der Waals surface area contributed by atoms with Gasteiger partial charge in [-0.1, -0.05) is 65.1 Å². The normalized spacial score (nSPS) is 23.5. The van der Waals surface area contributed by atoms with Crippen LogP contribution < -0.4 is 5.73 Å². The topological polar surface area (TPSA) is 165 Å². The molecule has 1 aliphatic heterocycles. The van der Waals surface area contributed by atoms with Crippen molar-refractivity contribution in [2.45, 2.75) is 72.4 Å². The van der Waals surface area contributed by atoms with Gasteiger partial charge in [0.25, 0.3) is 0 Å². The average molecular weight is 651 g/mol. The van der Waals surface area contributed by atoms with E-state index in [1.54, 1.807) is 53.7 Å². The Morgan fingerprint density at radius 3 is 2.17 bits per heavy atom. The monoisotopic (exact) mass is 650 g/mol. The maximum Gasteiger partial charge on any atom is 0.474 e. The number of nitrogen functional groups attached to an aromatic ring is 1. The van der Waals surface area contributed by atoms with Gasteiger partial charge in [-0.15, -0.1) is 0 Å². The number of nitrogens with zero attached hydrogens (tertiary/aromatic N) is 3.